The summed E-state index contributed by atoms with van der Waals surface area (Å²) in [4.78, 5) is 15.9. The Labute approximate surface area is 142 Å². The van der Waals surface area contributed by atoms with Gasteiger partial charge in [0.1, 0.15) is 5.82 Å². The molecule has 124 valence electrons. The summed E-state index contributed by atoms with van der Waals surface area (Å²) in [6.07, 6.45) is 0. The molecule has 0 spiro atoms. The average Bonchev–Trinajstić information content (AvgIpc) is 3.06. The fourth-order valence-corrected chi connectivity index (χ4v) is 2.11. The van der Waals surface area contributed by atoms with E-state index in [0.717, 1.165) is 0 Å². The van der Waals surface area contributed by atoms with E-state index in [1.807, 2.05) is 0 Å². The topological polar surface area (TPSA) is 55.1 Å². The van der Waals surface area contributed by atoms with Crippen molar-refractivity contribution in [2.45, 2.75) is 6.67 Å². The maximum Gasteiger partial charge on any atom is 0.262 e. The van der Waals surface area contributed by atoms with E-state index in [0.29, 0.717) is 11.1 Å². The number of nitrogens with one attached hydrogen (secondary N) is 1. The number of benzene rings is 2. The summed E-state index contributed by atoms with van der Waals surface area (Å²) in [7, 11) is 0. The lowest BCUT2D eigenvalue weighted by molar-refractivity contribution is 0.0973. The number of oxazole rings is 1. The minimum absolute atomic E-state index is 0.141. The normalized spacial score (nSPS) is 10.0. The highest BCUT2D eigenvalue weighted by molar-refractivity contribution is 5.95. The lowest BCUT2D eigenvalue weighted by Gasteiger charge is -1.97. The predicted octanol–water partition coefficient (Wildman–Crippen LogP) is 3.69. The molecular formula is C19H12F2N2O2. The number of rotatable bonds is 3. The van der Waals surface area contributed by atoms with Crippen LogP contribution in [0.25, 0.3) is 11.3 Å². The van der Waals surface area contributed by atoms with Crippen molar-refractivity contribution in [1.82, 2.24) is 10.3 Å². The molecule has 0 aliphatic heterocycles. The Morgan fingerprint density at radius 1 is 1.12 bits per heavy atom. The minimum Gasteiger partial charge on any atom is -0.436 e. The standard InChI is InChI=1S/C19H12F2N2O2/c20-12-17-23-16(18(25-17)13-6-8-15(21)9-7-13)10-11-22-19(24)14-4-2-1-3-5-14/h1-9H,12H2,(H,22,24). The van der Waals surface area contributed by atoms with E-state index in [4.69, 9.17) is 4.42 Å². The first-order valence-electron chi connectivity index (χ1n) is 7.35. The molecule has 0 fully saturated rings. The summed E-state index contributed by atoms with van der Waals surface area (Å²) in [5, 5.41) is 2.43. The summed E-state index contributed by atoms with van der Waals surface area (Å²) in [5.41, 5.74) is 1.13. The van der Waals surface area contributed by atoms with Crippen molar-refractivity contribution < 1.29 is 18.0 Å². The second kappa shape index (κ2) is 7.41. The van der Waals surface area contributed by atoms with E-state index < -0.39 is 12.5 Å². The third-order valence-electron chi connectivity index (χ3n) is 3.29. The van der Waals surface area contributed by atoms with E-state index in [1.165, 1.54) is 24.3 Å². The Morgan fingerprint density at radius 3 is 2.52 bits per heavy atom. The van der Waals surface area contributed by atoms with Gasteiger partial charge in [0.2, 0.25) is 5.89 Å². The maximum absolute atomic E-state index is 13.0. The van der Waals surface area contributed by atoms with Crippen LogP contribution in [0.4, 0.5) is 8.78 Å². The molecule has 2 aromatic carbocycles. The molecule has 3 rings (SSSR count). The van der Waals surface area contributed by atoms with Crippen molar-refractivity contribution in [3.63, 3.8) is 0 Å². The number of aromatic nitrogens is 1. The van der Waals surface area contributed by atoms with Crippen LogP contribution in [0.15, 0.2) is 59.0 Å². The molecule has 0 unspecified atom stereocenters. The smallest absolute Gasteiger partial charge is 0.262 e. The van der Waals surface area contributed by atoms with Gasteiger partial charge in [-0.2, -0.15) is 0 Å². The first-order chi connectivity index (χ1) is 12.2. The van der Waals surface area contributed by atoms with Crippen LogP contribution >= 0.6 is 0 Å². The lowest BCUT2D eigenvalue weighted by atomic mass is 10.1. The molecule has 1 aromatic heterocycles. The van der Waals surface area contributed by atoms with Gasteiger partial charge >= 0.3 is 0 Å². The number of halogens is 2. The molecule has 1 heterocycles. The third kappa shape index (κ3) is 3.90. The highest BCUT2D eigenvalue weighted by atomic mass is 19.1. The molecule has 0 radical (unpaired) electrons. The zero-order valence-electron chi connectivity index (χ0n) is 12.9. The zero-order chi connectivity index (χ0) is 17.6. The summed E-state index contributed by atoms with van der Waals surface area (Å²) < 4.78 is 31.2. The highest BCUT2D eigenvalue weighted by Gasteiger charge is 2.14. The molecule has 0 bridgehead atoms. The van der Waals surface area contributed by atoms with Crippen LogP contribution in [0.1, 0.15) is 21.9 Å². The Kier molecular flexibility index (Phi) is 4.86. The number of alkyl halides is 1. The van der Waals surface area contributed by atoms with Gasteiger partial charge in [-0.05, 0) is 42.3 Å². The van der Waals surface area contributed by atoms with E-state index in [-0.39, 0.29) is 23.3 Å². The van der Waals surface area contributed by atoms with Crippen LogP contribution in [0, 0.1) is 17.8 Å². The Morgan fingerprint density at radius 2 is 1.84 bits per heavy atom. The van der Waals surface area contributed by atoms with Crippen LogP contribution < -0.4 is 5.32 Å². The fraction of sp³-hybridized carbons (Fsp3) is 0.0526. The number of carbonyl (C=O) groups excluding carboxylic acids is 1. The molecule has 25 heavy (non-hydrogen) atoms. The van der Waals surface area contributed by atoms with Crippen LogP contribution in [-0.2, 0) is 6.67 Å². The Balaban J connectivity index is 1.84. The minimum atomic E-state index is -0.897. The molecule has 1 amide bonds. The second-order valence-electron chi connectivity index (χ2n) is 5.00. The van der Waals surface area contributed by atoms with Gasteiger partial charge in [0.25, 0.3) is 5.91 Å². The first kappa shape index (κ1) is 16.4. The molecule has 6 heteroatoms. The Hall–Kier alpha value is -3.46. The van der Waals surface area contributed by atoms with Crippen molar-refractivity contribution in [2.24, 2.45) is 0 Å². The van der Waals surface area contributed by atoms with Crippen LogP contribution in [0.5, 0.6) is 0 Å². The number of hydrogen-bond acceptors (Lipinski definition) is 3. The number of amides is 1. The molecule has 0 saturated carbocycles. The molecule has 0 atom stereocenters. The lowest BCUT2D eigenvalue weighted by Crippen LogP contribution is -2.17. The molecule has 4 nitrogen and oxygen atoms in total. The SMILES string of the molecule is O=C(NC#Cc1nc(CF)oc1-c1ccc(F)cc1)c1ccccc1. The molecule has 3 aromatic rings. The predicted molar refractivity (Wildman–Crippen MR) is 87.5 cm³/mol. The van der Waals surface area contributed by atoms with Gasteiger partial charge in [-0.3, -0.25) is 10.1 Å². The van der Waals surface area contributed by atoms with E-state index >= 15 is 0 Å². The number of carbonyl (C=O) groups is 1. The summed E-state index contributed by atoms with van der Waals surface area (Å²) in [6, 6.07) is 16.5. The summed E-state index contributed by atoms with van der Waals surface area (Å²) in [6.45, 7) is -0.897. The number of hydrogen-bond donors (Lipinski definition) is 1. The van der Waals surface area contributed by atoms with Gasteiger partial charge in [0.05, 0.1) is 0 Å². The van der Waals surface area contributed by atoms with Gasteiger partial charge < -0.3 is 4.42 Å². The maximum atomic E-state index is 13.0. The molecule has 0 saturated heterocycles. The monoisotopic (exact) mass is 338 g/mol. The first-order valence-corrected chi connectivity index (χ1v) is 7.35. The molecule has 1 N–H and O–H groups in total. The molecule has 0 aliphatic carbocycles. The average molecular weight is 338 g/mol. The summed E-state index contributed by atoms with van der Waals surface area (Å²) >= 11 is 0. The van der Waals surface area contributed by atoms with Crippen LogP contribution in [-0.4, -0.2) is 10.9 Å². The third-order valence-corrected chi connectivity index (χ3v) is 3.29. The van der Waals surface area contributed by atoms with Gasteiger partial charge in [-0.25, -0.2) is 13.8 Å². The van der Waals surface area contributed by atoms with Crippen molar-refractivity contribution in [3.05, 3.63) is 77.6 Å². The summed E-state index contributed by atoms with van der Waals surface area (Å²) in [5.74, 6) is 1.93. The van der Waals surface area contributed by atoms with Crippen molar-refractivity contribution in [3.8, 4) is 23.3 Å². The molecule has 0 aliphatic rings. The van der Waals surface area contributed by atoms with Crippen molar-refractivity contribution in [1.29, 1.82) is 0 Å². The second-order valence-corrected chi connectivity index (χ2v) is 5.00. The van der Waals surface area contributed by atoms with E-state index in [9.17, 15) is 13.6 Å². The quantitative estimate of drug-likeness (QED) is 0.585. The van der Waals surface area contributed by atoms with Gasteiger partial charge in [-0.15, -0.1) is 0 Å². The van der Waals surface area contributed by atoms with Crippen LogP contribution in [0.3, 0.4) is 0 Å². The van der Waals surface area contributed by atoms with Gasteiger partial charge in [0, 0.05) is 17.2 Å². The van der Waals surface area contributed by atoms with Gasteiger partial charge in [0.15, 0.2) is 18.1 Å². The molecular weight excluding hydrogens is 326 g/mol. The van der Waals surface area contributed by atoms with Gasteiger partial charge in [-0.1, -0.05) is 18.2 Å². The zero-order valence-corrected chi connectivity index (χ0v) is 12.9. The van der Waals surface area contributed by atoms with E-state index in [1.54, 1.807) is 30.3 Å². The van der Waals surface area contributed by atoms with Crippen molar-refractivity contribution >= 4 is 5.91 Å². The Bertz CT molecular complexity index is 939. The van der Waals surface area contributed by atoms with Crippen LogP contribution in [0.2, 0.25) is 0 Å². The largest absolute Gasteiger partial charge is 0.436 e. The van der Waals surface area contributed by atoms with E-state index in [2.05, 4.69) is 22.3 Å². The fourth-order valence-electron chi connectivity index (χ4n) is 2.11. The highest BCUT2D eigenvalue weighted by Crippen LogP contribution is 2.25. The number of nitrogens with zero attached hydrogens (tertiary/aromatic N) is 1. The van der Waals surface area contributed by atoms with Crippen molar-refractivity contribution in [2.75, 3.05) is 0 Å².